The Morgan fingerprint density at radius 3 is 3.00 bits per heavy atom. The fourth-order valence-electron chi connectivity index (χ4n) is 1.83. The predicted octanol–water partition coefficient (Wildman–Crippen LogP) is 3.02. The number of aromatic amines is 1. The largest absolute Gasteiger partial charge is 0.353 e. The van der Waals surface area contributed by atoms with E-state index in [1.165, 1.54) is 10.9 Å². The third-order valence-corrected chi connectivity index (χ3v) is 2.51. The Morgan fingerprint density at radius 2 is 2.07 bits per heavy atom. The molecule has 0 bridgehead atoms. The quantitative estimate of drug-likeness (QED) is 0.568. The van der Waals surface area contributed by atoms with Gasteiger partial charge in [0.15, 0.2) is 0 Å². The van der Waals surface area contributed by atoms with Crippen molar-refractivity contribution < 1.29 is 0 Å². The summed E-state index contributed by atoms with van der Waals surface area (Å²) in [6.45, 7) is 2.10. The first kappa shape index (κ1) is 7.56. The molecular formula is C12H10N2. The third kappa shape index (κ3) is 0.940. The van der Waals surface area contributed by atoms with E-state index in [1.807, 2.05) is 12.3 Å². The van der Waals surface area contributed by atoms with Gasteiger partial charge >= 0.3 is 0 Å². The molecule has 0 unspecified atom stereocenters. The van der Waals surface area contributed by atoms with Crippen LogP contribution < -0.4 is 0 Å². The van der Waals surface area contributed by atoms with Crippen molar-refractivity contribution >= 4 is 21.9 Å². The maximum absolute atomic E-state index is 4.38. The van der Waals surface area contributed by atoms with Gasteiger partial charge in [-0.25, -0.2) is 0 Å². The first-order chi connectivity index (χ1) is 6.84. The molecule has 3 aromatic rings. The van der Waals surface area contributed by atoms with Crippen LogP contribution >= 0.6 is 0 Å². The second-order valence-corrected chi connectivity index (χ2v) is 3.57. The van der Waals surface area contributed by atoms with Crippen LogP contribution in [0.15, 0.2) is 36.5 Å². The van der Waals surface area contributed by atoms with E-state index in [-0.39, 0.29) is 0 Å². The Bertz CT molecular complexity index is 608. The van der Waals surface area contributed by atoms with Crippen molar-refractivity contribution in [2.75, 3.05) is 0 Å². The molecule has 1 aromatic carbocycles. The molecule has 2 heteroatoms. The smallest absolute Gasteiger partial charge is 0.0957 e. The van der Waals surface area contributed by atoms with E-state index < -0.39 is 0 Å². The van der Waals surface area contributed by atoms with Crippen LogP contribution in [-0.2, 0) is 0 Å². The highest BCUT2D eigenvalue weighted by atomic mass is 14.8. The molecule has 0 spiro atoms. The minimum absolute atomic E-state index is 1.06. The summed E-state index contributed by atoms with van der Waals surface area (Å²) in [5.41, 5.74) is 4.59. The fourth-order valence-corrected chi connectivity index (χ4v) is 1.83. The molecule has 0 saturated heterocycles. The molecule has 14 heavy (non-hydrogen) atoms. The Kier molecular flexibility index (Phi) is 1.39. The fraction of sp³-hybridized carbons (Fsp3) is 0.0833. The standard InChI is InChI=1S/C12H10N2/c1-8-4-5-10-9(7-8)12-11(14-10)3-2-6-13-12/h2-7,14H,1H3. The van der Waals surface area contributed by atoms with Gasteiger partial charge in [0.1, 0.15) is 0 Å². The average Bonchev–Trinajstić information content (AvgIpc) is 2.56. The van der Waals surface area contributed by atoms with Crippen LogP contribution in [0.3, 0.4) is 0 Å². The van der Waals surface area contributed by atoms with E-state index >= 15 is 0 Å². The van der Waals surface area contributed by atoms with Crippen LogP contribution in [0.25, 0.3) is 21.9 Å². The molecule has 68 valence electrons. The summed E-state index contributed by atoms with van der Waals surface area (Å²) < 4.78 is 0. The molecule has 0 aliphatic rings. The van der Waals surface area contributed by atoms with Crippen LogP contribution in [0.2, 0.25) is 0 Å². The number of hydrogen-bond donors (Lipinski definition) is 1. The van der Waals surface area contributed by atoms with Crippen LogP contribution in [0, 0.1) is 6.92 Å². The number of nitrogens with one attached hydrogen (secondary N) is 1. The summed E-state index contributed by atoms with van der Waals surface area (Å²) in [6.07, 6.45) is 1.83. The number of fused-ring (bicyclic) bond motifs is 3. The van der Waals surface area contributed by atoms with Crippen molar-refractivity contribution in [1.82, 2.24) is 9.97 Å². The zero-order chi connectivity index (χ0) is 9.54. The van der Waals surface area contributed by atoms with Crippen LogP contribution in [-0.4, -0.2) is 9.97 Å². The third-order valence-electron chi connectivity index (χ3n) is 2.51. The number of hydrogen-bond acceptors (Lipinski definition) is 1. The molecule has 2 aromatic heterocycles. The van der Waals surface area contributed by atoms with Crippen molar-refractivity contribution in [2.45, 2.75) is 6.92 Å². The molecule has 1 N–H and O–H groups in total. The van der Waals surface area contributed by atoms with Gasteiger partial charge in [0.25, 0.3) is 0 Å². The molecule has 0 saturated carbocycles. The van der Waals surface area contributed by atoms with Gasteiger partial charge in [-0.15, -0.1) is 0 Å². The molecular weight excluding hydrogens is 172 g/mol. The summed E-state index contributed by atoms with van der Waals surface area (Å²) in [5, 5.41) is 1.21. The topological polar surface area (TPSA) is 28.7 Å². The number of benzene rings is 1. The normalized spacial score (nSPS) is 11.2. The lowest BCUT2D eigenvalue weighted by Crippen LogP contribution is -1.73. The Balaban J connectivity index is 2.58. The highest BCUT2D eigenvalue weighted by Gasteiger charge is 2.03. The van der Waals surface area contributed by atoms with E-state index in [0.29, 0.717) is 0 Å². The van der Waals surface area contributed by atoms with E-state index in [2.05, 4.69) is 41.2 Å². The highest BCUT2D eigenvalue weighted by Crippen LogP contribution is 2.23. The molecule has 3 rings (SSSR count). The highest BCUT2D eigenvalue weighted by molar-refractivity contribution is 6.04. The molecule has 0 atom stereocenters. The summed E-state index contributed by atoms with van der Waals surface area (Å²) in [4.78, 5) is 7.72. The molecule has 0 fully saturated rings. The zero-order valence-electron chi connectivity index (χ0n) is 7.91. The van der Waals surface area contributed by atoms with Crippen molar-refractivity contribution in [2.24, 2.45) is 0 Å². The lowest BCUT2D eigenvalue weighted by Gasteiger charge is -1.92. The number of pyridine rings is 1. The molecule has 0 aliphatic carbocycles. The van der Waals surface area contributed by atoms with Gasteiger partial charge in [-0.3, -0.25) is 4.98 Å². The van der Waals surface area contributed by atoms with Gasteiger partial charge in [0.2, 0.25) is 0 Å². The van der Waals surface area contributed by atoms with Crippen LogP contribution in [0.5, 0.6) is 0 Å². The van der Waals surface area contributed by atoms with Gasteiger partial charge in [-0.05, 0) is 31.2 Å². The number of aromatic nitrogens is 2. The van der Waals surface area contributed by atoms with Gasteiger partial charge in [-0.1, -0.05) is 11.6 Å². The van der Waals surface area contributed by atoms with Gasteiger partial charge in [0.05, 0.1) is 11.0 Å². The summed E-state index contributed by atoms with van der Waals surface area (Å²) in [6, 6.07) is 10.4. The van der Waals surface area contributed by atoms with Gasteiger partial charge in [-0.2, -0.15) is 0 Å². The zero-order valence-corrected chi connectivity index (χ0v) is 7.91. The number of nitrogens with zero attached hydrogens (tertiary/aromatic N) is 1. The van der Waals surface area contributed by atoms with E-state index in [1.54, 1.807) is 0 Å². The Labute approximate surface area is 81.6 Å². The molecule has 0 aliphatic heterocycles. The van der Waals surface area contributed by atoms with E-state index in [9.17, 15) is 0 Å². The lowest BCUT2D eigenvalue weighted by molar-refractivity contribution is 1.42. The summed E-state index contributed by atoms with van der Waals surface area (Å²) >= 11 is 0. The maximum atomic E-state index is 4.38. The van der Waals surface area contributed by atoms with Crippen LogP contribution in [0.4, 0.5) is 0 Å². The van der Waals surface area contributed by atoms with Crippen molar-refractivity contribution in [1.29, 1.82) is 0 Å². The summed E-state index contributed by atoms with van der Waals surface area (Å²) in [5.74, 6) is 0. The van der Waals surface area contributed by atoms with Gasteiger partial charge < -0.3 is 4.98 Å². The van der Waals surface area contributed by atoms with Crippen molar-refractivity contribution in [3.8, 4) is 0 Å². The molecule has 0 radical (unpaired) electrons. The minimum atomic E-state index is 1.06. The predicted molar refractivity (Wildman–Crippen MR) is 58.3 cm³/mol. The monoisotopic (exact) mass is 182 g/mol. The van der Waals surface area contributed by atoms with Crippen molar-refractivity contribution in [3.63, 3.8) is 0 Å². The second-order valence-electron chi connectivity index (χ2n) is 3.57. The summed E-state index contributed by atoms with van der Waals surface area (Å²) in [7, 11) is 0. The van der Waals surface area contributed by atoms with E-state index in [4.69, 9.17) is 0 Å². The lowest BCUT2D eigenvalue weighted by atomic mass is 10.1. The first-order valence-electron chi connectivity index (χ1n) is 4.68. The van der Waals surface area contributed by atoms with Gasteiger partial charge in [0, 0.05) is 17.1 Å². The number of H-pyrrole nitrogens is 1. The minimum Gasteiger partial charge on any atom is -0.353 e. The number of aryl methyl sites for hydroxylation is 1. The molecule has 2 heterocycles. The Hall–Kier alpha value is -1.83. The van der Waals surface area contributed by atoms with E-state index in [0.717, 1.165) is 16.6 Å². The first-order valence-corrected chi connectivity index (χ1v) is 4.68. The molecule has 2 nitrogen and oxygen atoms in total. The second kappa shape index (κ2) is 2.58. The molecule has 0 amide bonds. The van der Waals surface area contributed by atoms with Crippen molar-refractivity contribution in [3.05, 3.63) is 42.1 Å². The SMILES string of the molecule is Cc1ccc2[nH]c3cccnc3c2c1. The number of rotatable bonds is 0. The van der Waals surface area contributed by atoms with Crippen LogP contribution in [0.1, 0.15) is 5.56 Å². The average molecular weight is 182 g/mol. The Morgan fingerprint density at radius 1 is 1.14 bits per heavy atom. The maximum Gasteiger partial charge on any atom is 0.0957 e.